The fourth-order valence-corrected chi connectivity index (χ4v) is 2.41. The number of nitrogen functional groups attached to an aromatic ring is 1. The molecule has 1 aromatic carbocycles. The Balaban J connectivity index is 1.72. The summed E-state index contributed by atoms with van der Waals surface area (Å²) in [5.74, 6) is 1.68. The summed E-state index contributed by atoms with van der Waals surface area (Å²) in [6.07, 6.45) is 5.04. The first-order chi connectivity index (χ1) is 12.1. The molecule has 3 aromatic rings. The Morgan fingerprint density at radius 2 is 1.80 bits per heavy atom. The zero-order valence-corrected chi connectivity index (χ0v) is 14.4. The lowest BCUT2D eigenvalue weighted by Gasteiger charge is -2.13. The van der Waals surface area contributed by atoms with Gasteiger partial charge in [0.05, 0.1) is 0 Å². The molecular formula is C19H22N6. The van der Waals surface area contributed by atoms with Crippen LogP contribution in [0.5, 0.6) is 0 Å². The van der Waals surface area contributed by atoms with E-state index in [4.69, 9.17) is 5.73 Å². The minimum absolute atomic E-state index is 0.485. The van der Waals surface area contributed by atoms with E-state index < -0.39 is 0 Å². The molecule has 6 nitrogen and oxygen atoms in total. The number of pyridine rings is 1. The van der Waals surface area contributed by atoms with Crippen LogP contribution in [-0.4, -0.2) is 15.0 Å². The van der Waals surface area contributed by atoms with E-state index >= 15 is 0 Å². The molecule has 3 rings (SSSR count). The molecule has 6 heteroatoms. The van der Waals surface area contributed by atoms with E-state index in [1.54, 1.807) is 12.4 Å². The van der Waals surface area contributed by atoms with E-state index in [-0.39, 0.29) is 0 Å². The van der Waals surface area contributed by atoms with Crippen LogP contribution >= 0.6 is 0 Å². The Bertz CT molecular complexity index is 815. The molecule has 0 radical (unpaired) electrons. The highest BCUT2D eigenvalue weighted by Crippen LogP contribution is 2.26. The maximum Gasteiger partial charge on any atom is 0.159 e. The van der Waals surface area contributed by atoms with E-state index in [0.717, 1.165) is 11.3 Å². The largest absolute Gasteiger partial charge is 0.393 e. The van der Waals surface area contributed by atoms with Crippen LogP contribution in [0.1, 0.15) is 30.9 Å². The van der Waals surface area contributed by atoms with Crippen molar-refractivity contribution in [2.24, 2.45) is 0 Å². The third-order valence-corrected chi connectivity index (χ3v) is 3.91. The zero-order valence-electron chi connectivity index (χ0n) is 14.4. The lowest BCUT2D eigenvalue weighted by Crippen LogP contribution is -2.08. The summed E-state index contributed by atoms with van der Waals surface area (Å²) in [5.41, 5.74) is 9.98. The lowest BCUT2D eigenvalue weighted by atomic mass is 10.0. The summed E-state index contributed by atoms with van der Waals surface area (Å²) in [6, 6.07) is 12.2. The number of rotatable bonds is 6. The molecule has 0 amide bonds. The van der Waals surface area contributed by atoms with Crippen molar-refractivity contribution < 1.29 is 0 Å². The smallest absolute Gasteiger partial charge is 0.159 e. The average molecular weight is 334 g/mol. The second kappa shape index (κ2) is 7.61. The van der Waals surface area contributed by atoms with Gasteiger partial charge in [-0.3, -0.25) is 4.98 Å². The van der Waals surface area contributed by atoms with E-state index in [1.165, 1.54) is 11.9 Å². The topological polar surface area (TPSA) is 88.8 Å². The quantitative estimate of drug-likeness (QED) is 0.633. The normalized spacial score (nSPS) is 10.7. The number of aromatic nitrogens is 3. The highest BCUT2D eigenvalue weighted by Gasteiger charge is 2.08. The Morgan fingerprint density at radius 1 is 1.04 bits per heavy atom. The number of nitrogens with zero attached hydrogens (tertiary/aromatic N) is 3. The van der Waals surface area contributed by atoms with Gasteiger partial charge >= 0.3 is 0 Å². The van der Waals surface area contributed by atoms with Crippen molar-refractivity contribution in [3.05, 3.63) is 66.2 Å². The van der Waals surface area contributed by atoms with Gasteiger partial charge in [0.15, 0.2) is 11.6 Å². The summed E-state index contributed by atoms with van der Waals surface area (Å²) in [6.45, 7) is 4.94. The molecule has 128 valence electrons. The summed E-state index contributed by atoms with van der Waals surface area (Å²) in [7, 11) is 0. The minimum Gasteiger partial charge on any atom is -0.393 e. The van der Waals surface area contributed by atoms with Crippen LogP contribution in [0, 0.1) is 0 Å². The molecule has 2 heterocycles. The van der Waals surface area contributed by atoms with Gasteiger partial charge in [0, 0.05) is 24.6 Å². The second-order valence-electron chi connectivity index (χ2n) is 6.10. The lowest BCUT2D eigenvalue weighted by molar-refractivity contribution is 0.867. The number of hydrogen-bond donors (Lipinski definition) is 3. The first-order valence-corrected chi connectivity index (χ1v) is 8.23. The van der Waals surface area contributed by atoms with Crippen molar-refractivity contribution in [3.63, 3.8) is 0 Å². The van der Waals surface area contributed by atoms with Gasteiger partial charge < -0.3 is 16.4 Å². The standard InChI is InChI=1S/C19H22N6/c1-13(2)15-5-7-16(8-6-15)25-19-17(20)18(23-12-24-19)22-11-14-4-3-9-21-10-14/h3-10,12-13H,11,20H2,1-2H3,(H2,22,23,24,25). The molecular weight excluding hydrogens is 312 g/mol. The molecule has 4 N–H and O–H groups in total. The van der Waals surface area contributed by atoms with Crippen LogP contribution in [-0.2, 0) is 6.54 Å². The van der Waals surface area contributed by atoms with Crippen LogP contribution in [0.15, 0.2) is 55.1 Å². The number of hydrogen-bond acceptors (Lipinski definition) is 6. The van der Waals surface area contributed by atoms with Crippen LogP contribution in [0.25, 0.3) is 0 Å². The van der Waals surface area contributed by atoms with Crippen LogP contribution in [0.3, 0.4) is 0 Å². The monoisotopic (exact) mass is 334 g/mol. The van der Waals surface area contributed by atoms with Crippen molar-refractivity contribution in [2.75, 3.05) is 16.4 Å². The molecule has 0 saturated carbocycles. The Labute approximate surface area is 147 Å². The number of anilines is 4. The molecule has 25 heavy (non-hydrogen) atoms. The minimum atomic E-state index is 0.485. The Kier molecular flexibility index (Phi) is 5.09. The first kappa shape index (κ1) is 16.7. The molecule has 0 spiro atoms. The van der Waals surface area contributed by atoms with Crippen molar-refractivity contribution >= 4 is 23.0 Å². The Morgan fingerprint density at radius 3 is 2.48 bits per heavy atom. The molecule has 0 aliphatic carbocycles. The SMILES string of the molecule is CC(C)c1ccc(Nc2ncnc(NCc3cccnc3)c2N)cc1. The third-order valence-electron chi connectivity index (χ3n) is 3.91. The maximum absolute atomic E-state index is 6.21. The predicted molar refractivity (Wildman–Crippen MR) is 102 cm³/mol. The number of benzene rings is 1. The molecule has 2 aromatic heterocycles. The van der Waals surface area contributed by atoms with Gasteiger partial charge in [-0.2, -0.15) is 0 Å². The van der Waals surface area contributed by atoms with E-state index in [0.29, 0.717) is 29.8 Å². The van der Waals surface area contributed by atoms with Crippen molar-refractivity contribution in [1.82, 2.24) is 15.0 Å². The van der Waals surface area contributed by atoms with Crippen LogP contribution in [0.4, 0.5) is 23.0 Å². The van der Waals surface area contributed by atoms with Gasteiger partial charge in [-0.05, 0) is 35.2 Å². The van der Waals surface area contributed by atoms with E-state index in [9.17, 15) is 0 Å². The first-order valence-electron chi connectivity index (χ1n) is 8.23. The highest BCUT2D eigenvalue weighted by atomic mass is 15.1. The maximum atomic E-state index is 6.21. The predicted octanol–water partition coefficient (Wildman–Crippen LogP) is 3.93. The van der Waals surface area contributed by atoms with E-state index in [2.05, 4.69) is 51.6 Å². The van der Waals surface area contributed by atoms with Crippen molar-refractivity contribution in [1.29, 1.82) is 0 Å². The van der Waals surface area contributed by atoms with Gasteiger partial charge in [0.1, 0.15) is 12.0 Å². The molecule has 0 aliphatic heterocycles. The number of nitrogens with one attached hydrogen (secondary N) is 2. The summed E-state index contributed by atoms with van der Waals surface area (Å²) in [5, 5.41) is 6.47. The summed E-state index contributed by atoms with van der Waals surface area (Å²) >= 11 is 0. The van der Waals surface area contributed by atoms with Gasteiger partial charge in [-0.25, -0.2) is 9.97 Å². The Hall–Kier alpha value is -3.15. The third kappa shape index (κ3) is 4.23. The zero-order chi connectivity index (χ0) is 17.6. The van der Waals surface area contributed by atoms with E-state index in [1.807, 2.05) is 24.3 Å². The van der Waals surface area contributed by atoms with Crippen LogP contribution in [0.2, 0.25) is 0 Å². The van der Waals surface area contributed by atoms with Crippen molar-refractivity contribution in [2.45, 2.75) is 26.3 Å². The summed E-state index contributed by atoms with van der Waals surface area (Å²) in [4.78, 5) is 12.6. The summed E-state index contributed by atoms with van der Waals surface area (Å²) < 4.78 is 0. The van der Waals surface area contributed by atoms with Gasteiger partial charge in [-0.15, -0.1) is 0 Å². The molecule has 0 atom stereocenters. The van der Waals surface area contributed by atoms with Crippen molar-refractivity contribution in [3.8, 4) is 0 Å². The average Bonchev–Trinajstić information content (AvgIpc) is 2.64. The van der Waals surface area contributed by atoms with Crippen LogP contribution < -0.4 is 16.4 Å². The molecule has 0 aliphatic rings. The molecule has 0 bridgehead atoms. The molecule has 0 unspecified atom stereocenters. The van der Waals surface area contributed by atoms with Gasteiger partial charge in [0.2, 0.25) is 0 Å². The fourth-order valence-electron chi connectivity index (χ4n) is 2.41. The van der Waals surface area contributed by atoms with Gasteiger partial charge in [-0.1, -0.05) is 32.0 Å². The fraction of sp³-hybridized carbons (Fsp3) is 0.211. The van der Waals surface area contributed by atoms with Gasteiger partial charge in [0.25, 0.3) is 0 Å². The highest BCUT2D eigenvalue weighted by molar-refractivity contribution is 5.77. The molecule has 0 saturated heterocycles. The second-order valence-corrected chi connectivity index (χ2v) is 6.10. The number of nitrogens with two attached hydrogens (primary N) is 1. The molecule has 0 fully saturated rings.